The summed E-state index contributed by atoms with van der Waals surface area (Å²) in [7, 11) is -3.47. The first-order chi connectivity index (χ1) is 13.9. The Hall–Kier alpha value is -2.38. The lowest BCUT2D eigenvalue weighted by molar-refractivity contribution is -0.118. The maximum absolute atomic E-state index is 12.7. The van der Waals surface area contributed by atoms with Crippen LogP contribution in [0.1, 0.15) is 44.6 Å². The highest BCUT2D eigenvalue weighted by atomic mass is 32.2. The van der Waals surface area contributed by atoms with Crippen LogP contribution in [0, 0.1) is 0 Å². The van der Waals surface area contributed by atoms with E-state index in [1.807, 2.05) is 24.3 Å². The molecule has 1 amide bonds. The molecular formula is C22H28N2O4S. The Bertz CT molecular complexity index is 934. The predicted molar refractivity (Wildman–Crippen MR) is 114 cm³/mol. The molecule has 29 heavy (non-hydrogen) atoms. The van der Waals surface area contributed by atoms with Gasteiger partial charge in [-0.05, 0) is 60.7 Å². The van der Waals surface area contributed by atoms with Crippen LogP contribution in [-0.4, -0.2) is 38.3 Å². The van der Waals surface area contributed by atoms with Crippen LogP contribution >= 0.6 is 0 Å². The Labute approximate surface area is 172 Å². The average molecular weight is 417 g/mol. The number of carbonyl (C=O) groups excluding carboxylic acids is 1. The van der Waals surface area contributed by atoms with Crippen LogP contribution < -0.4 is 10.1 Å². The number of amides is 1. The van der Waals surface area contributed by atoms with Gasteiger partial charge >= 0.3 is 0 Å². The third-order valence-electron chi connectivity index (χ3n) is 4.99. The molecule has 0 atom stereocenters. The third kappa shape index (κ3) is 5.58. The van der Waals surface area contributed by atoms with Crippen molar-refractivity contribution in [2.45, 2.75) is 43.9 Å². The Kier molecular flexibility index (Phi) is 6.92. The van der Waals surface area contributed by atoms with E-state index in [1.54, 1.807) is 12.1 Å². The molecule has 2 aromatic carbocycles. The molecule has 0 saturated carbocycles. The van der Waals surface area contributed by atoms with E-state index in [0.29, 0.717) is 30.4 Å². The van der Waals surface area contributed by atoms with E-state index in [9.17, 15) is 13.2 Å². The zero-order chi connectivity index (χ0) is 20.9. The van der Waals surface area contributed by atoms with Crippen LogP contribution in [0.3, 0.4) is 0 Å². The summed E-state index contributed by atoms with van der Waals surface area (Å²) < 4.78 is 32.5. The van der Waals surface area contributed by atoms with E-state index in [-0.39, 0.29) is 17.4 Å². The SMILES string of the molecule is CC(C)c1cccc(OCC(=O)Nc2ccc(S(=O)(=O)N3CCCCC3)cc2)c1. The molecule has 7 heteroatoms. The highest BCUT2D eigenvalue weighted by molar-refractivity contribution is 7.89. The number of ether oxygens (including phenoxy) is 1. The molecule has 156 valence electrons. The monoisotopic (exact) mass is 416 g/mol. The Morgan fingerprint density at radius 1 is 1.07 bits per heavy atom. The van der Waals surface area contributed by atoms with Crippen LogP contribution in [0.4, 0.5) is 5.69 Å². The number of hydrogen-bond donors (Lipinski definition) is 1. The van der Waals surface area contributed by atoms with E-state index in [4.69, 9.17) is 4.74 Å². The van der Waals surface area contributed by atoms with E-state index < -0.39 is 10.0 Å². The molecule has 1 heterocycles. The Morgan fingerprint density at radius 2 is 1.76 bits per heavy atom. The van der Waals surface area contributed by atoms with Gasteiger partial charge < -0.3 is 10.1 Å². The molecular weight excluding hydrogens is 388 g/mol. The highest BCUT2D eigenvalue weighted by Crippen LogP contribution is 2.22. The third-order valence-corrected chi connectivity index (χ3v) is 6.90. The van der Waals surface area contributed by atoms with Gasteiger partial charge in [0.25, 0.3) is 5.91 Å². The van der Waals surface area contributed by atoms with Gasteiger partial charge in [0.2, 0.25) is 10.0 Å². The van der Waals surface area contributed by atoms with Crippen molar-refractivity contribution in [2.24, 2.45) is 0 Å². The number of rotatable bonds is 7. The van der Waals surface area contributed by atoms with Gasteiger partial charge in [0, 0.05) is 18.8 Å². The molecule has 1 saturated heterocycles. The number of carbonyl (C=O) groups is 1. The fraction of sp³-hybridized carbons (Fsp3) is 0.409. The molecule has 1 fully saturated rings. The van der Waals surface area contributed by atoms with Gasteiger partial charge in [0.15, 0.2) is 6.61 Å². The van der Waals surface area contributed by atoms with Gasteiger partial charge in [-0.1, -0.05) is 32.4 Å². The molecule has 0 unspecified atom stereocenters. The fourth-order valence-corrected chi connectivity index (χ4v) is 4.79. The summed E-state index contributed by atoms with van der Waals surface area (Å²) in [4.78, 5) is 12.4. The first kappa shape index (κ1) is 21.3. The second-order valence-corrected chi connectivity index (χ2v) is 9.49. The smallest absolute Gasteiger partial charge is 0.262 e. The van der Waals surface area contributed by atoms with Gasteiger partial charge in [-0.15, -0.1) is 0 Å². The van der Waals surface area contributed by atoms with Gasteiger partial charge in [-0.3, -0.25) is 4.79 Å². The van der Waals surface area contributed by atoms with Crippen molar-refractivity contribution >= 4 is 21.6 Å². The minimum absolute atomic E-state index is 0.116. The predicted octanol–water partition coefficient (Wildman–Crippen LogP) is 4.00. The number of hydrogen-bond acceptors (Lipinski definition) is 4. The topological polar surface area (TPSA) is 75.7 Å². The van der Waals surface area contributed by atoms with E-state index >= 15 is 0 Å². The lowest BCUT2D eigenvalue weighted by atomic mass is 10.0. The fourth-order valence-electron chi connectivity index (χ4n) is 3.27. The molecule has 3 rings (SSSR count). The molecule has 0 spiro atoms. The van der Waals surface area contributed by atoms with Crippen molar-refractivity contribution in [2.75, 3.05) is 25.0 Å². The lowest BCUT2D eigenvalue weighted by Crippen LogP contribution is -2.35. The molecule has 0 aromatic heterocycles. The summed E-state index contributed by atoms with van der Waals surface area (Å²) in [5.74, 6) is 0.730. The Morgan fingerprint density at radius 3 is 2.41 bits per heavy atom. The van der Waals surface area contributed by atoms with Gasteiger partial charge in [0.05, 0.1) is 4.90 Å². The summed E-state index contributed by atoms with van der Waals surface area (Å²) in [6.07, 6.45) is 2.86. The first-order valence-corrected chi connectivity index (χ1v) is 11.4. The van der Waals surface area contributed by atoms with Gasteiger partial charge in [0.1, 0.15) is 5.75 Å². The normalized spacial score (nSPS) is 15.3. The van der Waals surface area contributed by atoms with Crippen LogP contribution in [0.5, 0.6) is 5.75 Å². The van der Waals surface area contributed by atoms with Crippen LogP contribution in [0.2, 0.25) is 0 Å². The van der Waals surface area contributed by atoms with Crippen LogP contribution in [0.25, 0.3) is 0 Å². The number of anilines is 1. The zero-order valence-corrected chi connectivity index (χ0v) is 17.7. The van der Waals surface area contributed by atoms with Gasteiger partial charge in [-0.2, -0.15) is 4.31 Å². The minimum atomic E-state index is -3.47. The molecule has 1 aliphatic rings. The maximum atomic E-state index is 12.7. The van der Waals surface area contributed by atoms with Crippen molar-refractivity contribution in [1.29, 1.82) is 0 Å². The maximum Gasteiger partial charge on any atom is 0.262 e. The second-order valence-electron chi connectivity index (χ2n) is 7.55. The van der Waals surface area contributed by atoms with Crippen molar-refractivity contribution in [3.8, 4) is 5.75 Å². The highest BCUT2D eigenvalue weighted by Gasteiger charge is 2.25. The van der Waals surface area contributed by atoms with Gasteiger partial charge in [-0.25, -0.2) is 8.42 Å². The molecule has 1 N–H and O–H groups in total. The number of piperidine rings is 1. The molecule has 0 aliphatic carbocycles. The molecule has 0 bridgehead atoms. The number of nitrogens with one attached hydrogen (secondary N) is 1. The number of sulfonamides is 1. The largest absolute Gasteiger partial charge is 0.484 e. The van der Waals surface area contributed by atoms with Crippen LogP contribution in [0.15, 0.2) is 53.4 Å². The molecule has 6 nitrogen and oxygen atoms in total. The van der Waals surface area contributed by atoms with E-state index in [2.05, 4.69) is 19.2 Å². The quantitative estimate of drug-likeness (QED) is 0.740. The van der Waals surface area contributed by atoms with Crippen molar-refractivity contribution in [3.05, 3.63) is 54.1 Å². The van der Waals surface area contributed by atoms with Crippen molar-refractivity contribution in [1.82, 2.24) is 4.31 Å². The van der Waals surface area contributed by atoms with E-state index in [1.165, 1.54) is 16.4 Å². The summed E-state index contributed by atoms with van der Waals surface area (Å²) >= 11 is 0. The average Bonchev–Trinajstić information content (AvgIpc) is 2.73. The summed E-state index contributed by atoms with van der Waals surface area (Å²) in [5, 5.41) is 2.74. The first-order valence-electron chi connectivity index (χ1n) is 9.99. The molecule has 1 aliphatic heterocycles. The standard InChI is InChI=1S/C22H28N2O4S/c1-17(2)18-7-6-8-20(15-18)28-16-22(25)23-19-9-11-21(12-10-19)29(26,27)24-13-4-3-5-14-24/h6-12,15,17H,3-5,13-14,16H2,1-2H3,(H,23,25). The summed E-state index contributed by atoms with van der Waals surface area (Å²) in [5.41, 5.74) is 1.68. The lowest BCUT2D eigenvalue weighted by Gasteiger charge is -2.25. The Balaban J connectivity index is 1.56. The van der Waals surface area contributed by atoms with E-state index in [0.717, 1.165) is 24.8 Å². The van der Waals surface area contributed by atoms with Crippen molar-refractivity contribution < 1.29 is 17.9 Å². The number of nitrogens with zero attached hydrogens (tertiary/aromatic N) is 1. The number of benzene rings is 2. The summed E-state index contributed by atoms with van der Waals surface area (Å²) in [6.45, 7) is 5.21. The van der Waals surface area contributed by atoms with Crippen molar-refractivity contribution in [3.63, 3.8) is 0 Å². The zero-order valence-electron chi connectivity index (χ0n) is 16.9. The molecule has 0 radical (unpaired) electrons. The molecule has 2 aromatic rings. The van der Waals surface area contributed by atoms with Crippen LogP contribution in [-0.2, 0) is 14.8 Å². The summed E-state index contributed by atoms with van der Waals surface area (Å²) in [6, 6.07) is 14.0. The second kappa shape index (κ2) is 9.41. The minimum Gasteiger partial charge on any atom is -0.484 e.